The van der Waals surface area contributed by atoms with Crippen LogP contribution in [0.1, 0.15) is 0 Å². The van der Waals surface area contributed by atoms with E-state index >= 15 is 0 Å². The third-order valence-electron chi connectivity index (χ3n) is 2.62. The summed E-state index contributed by atoms with van der Waals surface area (Å²) in [5.74, 6) is 1.51. The molecule has 1 aromatic rings. The van der Waals surface area contributed by atoms with Crippen LogP contribution in [0.4, 0.5) is 5.69 Å². The minimum absolute atomic E-state index is 0.287. The second-order valence-corrected chi connectivity index (χ2v) is 4.61. The minimum atomic E-state index is -0.287. The molecular weight excluding hydrogens is 302 g/mol. The summed E-state index contributed by atoms with van der Waals surface area (Å²) in [6, 6.07) is 3.80. The van der Waals surface area contributed by atoms with Gasteiger partial charge >= 0.3 is 0 Å². The van der Waals surface area contributed by atoms with Crippen molar-refractivity contribution in [1.82, 2.24) is 0 Å². The molecule has 0 fully saturated rings. The van der Waals surface area contributed by atoms with Crippen molar-refractivity contribution in [1.29, 1.82) is 0 Å². The molecule has 1 aliphatic heterocycles. The van der Waals surface area contributed by atoms with E-state index in [4.69, 9.17) is 18.9 Å². The van der Waals surface area contributed by atoms with Crippen LogP contribution in [0.2, 0.25) is 0 Å². The van der Waals surface area contributed by atoms with E-state index in [0.717, 1.165) is 21.7 Å². The molecule has 1 heterocycles. The molecular formula is C12H16BrNO4. The van der Waals surface area contributed by atoms with Crippen LogP contribution >= 0.6 is 15.9 Å². The van der Waals surface area contributed by atoms with Crippen molar-refractivity contribution in [2.24, 2.45) is 0 Å². The summed E-state index contributed by atoms with van der Waals surface area (Å²) in [6.45, 7) is 1.71. The van der Waals surface area contributed by atoms with Crippen molar-refractivity contribution in [2.45, 2.75) is 6.29 Å². The van der Waals surface area contributed by atoms with Crippen molar-refractivity contribution < 1.29 is 18.9 Å². The Hall–Kier alpha value is -0.980. The van der Waals surface area contributed by atoms with Gasteiger partial charge in [-0.2, -0.15) is 0 Å². The number of anilines is 1. The summed E-state index contributed by atoms with van der Waals surface area (Å²) in [7, 11) is 3.21. The number of benzene rings is 1. The highest BCUT2D eigenvalue weighted by Crippen LogP contribution is 2.38. The minimum Gasteiger partial charge on any atom is -0.486 e. The van der Waals surface area contributed by atoms with Crippen LogP contribution in [-0.4, -0.2) is 40.3 Å². The molecule has 0 radical (unpaired) electrons. The first-order chi connectivity index (χ1) is 8.74. The molecule has 1 N–H and O–H groups in total. The second-order valence-electron chi connectivity index (χ2n) is 3.76. The highest BCUT2D eigenvalue weighted by atomic mass is 79.9. The topological polar surface area (TPSA) is 49.0 Å². The fourth-order valence-electron chi connectivity index (χ4n) is 1.66. The Labute approximate surface area is 114 Å². The fourth-order valence-corrected chi connectivity index (χ4v) is 2.12. The second kappa shape index (κ2) is 6.26. The van der Waals surface area contributed by atoms with Gasteiger partial charge in [0.2, 0.25) is 0 Å². The van der Waals surface area contributed by atoms with Gasteiger partial charge in [-0.25, -0.2) is 0 Å². The van der Waals surface area contributed by atoms with E-state index in [1.54, 1.807) is 14.2 Å². The Morgan fingerprint density at radius 3 is 2.44 bits per heavy atom. The summed E-state index contributed by atoms with van der Waals surface area (Å²) in [5.41, 5.74) is 0.915. The van der Waals surface area contributed by atoms with Gasteiger partial charge in [0.25, 0.3) is 0 Å². The van der Waals surface area contributed by atoms with Crippen molar-refractivity contribution in [3.05, 3.63) is 16.6 Å². The van der Waals surface area contributed by atoms with Crippen molar-refractivity contribution >= 4 is 21.6 Å². The predicted octanol–water partition coefficient (Wildman–Crippen LogP) is 2.25. The maximum atomic E-state index is 5.53. The molecule has 0 aromatic heterocycles. The Morgan fingerprint density at radius 1 is 1.22 bits per heavy atom. The van der Waals surface area contributed by atoms with E-state index in [2.05, 4.69) is 21.2 Å². The highest BCUT2D eigenvalue weighted by Gasteiger charge is 2.15. The summed E-state index contributed by atoms with van der Waals surface area (Å²) >= 11 is 3.49. The van der Waals surface area contributed by atoms with E-state index in [9.17, 15) is 0 Å². The number of rotatable bonds is 5. The van der Waals surface area contributed by atoms with Gasteiger partial charge in [-0.3, -0.25) is 0 Å². The summed E-state index contributed by atoms with van der Waals surface area (Å²) < 4.78 is 22.2. The molecule has 0 saturated heterocycles. The summed E-state index contributed by atoms with van der Waals surface area (Å²) in [5, 5.41) is 3.23. The third kappa shape index (κ3) is 3.07. The zero-order valence-electron chi connectivity index (χ0n) is 10.4. The molecule has 0 bridgehead atoms. The first kappa shape index (κ1) is 13.5. The fraction of sp³-hybridized carbons (Fsp3) is 0.500. The first-order valence-electron chi connectivity index (χ1n) is 5.63. The van der Waals surface area contributed by atoms with Gasteiger partial charge in [-0.15, -0.1) is 0 Å². The number of ether oxygens (including phenoxy) is 4. The molecule has 100 valence electrons. The SMILES string of the molecule is COC(CNc1cc2c(cc1Br)OCCO2)OC. The lowest BCUT2D eigenvalue weighted by Crippen LogP contribution is -2.24. The number of hydrogen-bond acceptors (Lipinski definition) is 5. The van der Waals surface area contributed by atoms with E-state index in [1.165, 1.54) is 0 Å². The van der Waals surface area contributed by atoms with Gasteiger partial charge in [-0.1, -0.05) is 0 Å². The van der Waals surface area contributed by atoms with Gasteiger partial charge in [0.15, 0.2) is 17.8 Å². The number of nitrogens with one attached hydrogen (secondary N) is 1. The lowest BCUT2D eigenvalue weighted by molar-refractivity contribution is -0.0914. The molecule has 0 atom stereocenters. The lowest BCUT2D eigenvalue weighted by atomic mass is 10.2. The maximum absolute atomic E-state index is 5.53. The summed E-state index contributed by atoms with van der Waals surface area (Å²) in [4.78, 5) is 0. The molecule has 18 heavy (non-hydrogen) atoms. The molecule has 0 spiro atoms. The Kier molecular flexibility index (Phi) is 4.68. The normalized spacial score (nSPS) is 13.8. The molecule has 1 aliphatic rings. The molecule has 0 saturated carbocycles. The molecule has 2 rings (SSSR count). The number of hydrogen-bond donors (Lipinski definition) is 1. The number of halogens is 1. The smallest absolute Gasteiger partial charge is 0.173 e. The summed E-state index contributed by atoms with van der Waals surface area (Å²) in [6.07, 6.45) is -0.287. The average Bonchev–Trinajstić information content (AvgIpc) is 2.40. The monoisotopic (exact) mass is 317 g/mol. The molecule has 6 heteroatoms. The molecule has 0 amide bonds. The van der Waals surface area contributed by atoms with Crippen LogP contribution in [0.3, 0.4) is 0 Å². The van der Waals surface area contributed by atoms with Gasteiger partial charge in [0, 0.05) is 30.8 Å². The zero-order valence-corrected chi connectivity index (χ0v) is 12.0. The van der Waals surface area contributed by atoms with Crippen molar-refractivity contribution in [3.63, 3.8) is 0 Å². The van der Waals surface area contributed by atoms with Gasteiger partial charge in [-0.05, 0) is 15.9 Å². The predicted molar refractivity (Wildman–Crippen MR) is 71.4 cm³/mol. The third-order valence-corrected chi connectivity index (χ3v) is 3.27. The Morgan fingerprint density at radius 2 is 1.83 bits per heavy atom. The largest absolute Gasteiger partial charge is 0.486 e. The van der Waals surface area contributed by atoms with Gasteiger partial charge in [0.1, 0.15) is 13.2 Å². The van der Waals surface area contributed by atoms with Crippen molar-refractivity contribution in [3.8, 4) is 11.5 Å². The quantitative estimate of drug-likeness (QED) is 0.844. The first-order valence-corrected chi connectivity index (χ1v) is 6.42. The number of methoxy groups -OCH3 is 2. The molecule has 5 nitrogen and oxygen atoms in total. The van der Waals surface area contributed by atoms with Gasteiger partial charge in [0.05, 0.1) is 12.2 Å². The average molecular weight is 318 g/mol. The van der Waals surface area contributed by atoms with Crippen LogP contribution in [0.15, 0.2) is 16.6 Å². The van der Waals surface area contributed by atoms with Gasteiger partial charge < -0.3 is 24.3 Å². The zero-order chi connectivity index (χ0) is 13.0. The van der Waals surface area contributed by atoms with Crippen LogP contribution < -0.4 is 14.8 Å². The Bertz CT molecular complexity index is 409. The van der Waals surface area contributed by atoms with E-state index in [-0.39, 0.29) is 6.29 Å². The highest BCUT2D eigenvalue weighted by molar-refractivity contribution is 9.10. The lowest BCUT2D eigenvalue weighted by Gasteiger charge is -2.21. The molecule has 0 unspecified atom stereocenters. The standard InChI is InChI=1S/C12H16BrNO4/c1-15-12(16-2)7-14-9-6-11-10(5-8(9)13)17-3-4-18-11/h5-6,12,14H,3-4,7H2,1-2H3. The number of fused-ring (bicyclic) bond motifs is 1. The van der Waals surface area contributed by atoms with Crippen LogP contribution in [0, 0.1) is 0 Å². The Balaban J connectivity index is 2.08. The van der Waals surface area contributed by atoms with Crippen LogP contribution in [-0.2, 0) is 9.47 Å². The molecule has 0 aliphatic carbocycles. The van der Waals surface area contributed by atoms with E-state index < -0.39 is 0 Å². The van der Waals surface area contributed by atoms with Crippen molar-refractivity contribution in [2.75, 3.05) is 39.3 Å². The van der Waals surface area contributed by atoms with E-state index in [1.807, 2.05) is 12.1 Å². The van der Waals surface area contributed by atoms with E-state index in [0.29, 0.717) is 19.8 Å². The molecule has 1 aromatic carbocycles. The van der Waals surface area contributed by atoms with Crippen LogP contribution in [0.25, 0.3) is 0 Å². The van der Waals surface area contributed by atoms with Crippen LogP contribution in [0.5, 0.6) is 11.5 Å². The maximum Gasteiger partial charge on any atom is 0.173 e.